The van der Waals surface area contributed by atoms with Crippen molar-refractivity contribution in [1.29, 1.82) is 0 Å². The third-order valence-electron chi connectivity index (χ3n) is 10.2. The van der Waals surface area contributed by atoms with Crippen LogP contribution >= 0.6 is 0 Å². The Hall–Kier alpha value is -7.04. The highest BCUT2D eigenvalue weighted by atomic mass is 16.3. The van der Waals surface area contributed by atoms with Crippen LogP contribution in [0.5, 0.6) is 0 Å². The molecular formula is C48H29NO3. The number of furan rings is 3. The molecular weight excluding hydrogens is 639 g/mol. The molecule has 3 heterocycles. The van der Waals surface area contributed by atoms with E-state index < -0.39 is 0 Å². The van der Waals surface area contributed by atoms with Crippen LogP contribution in [-0.2, 0) is 0 Å². The molecule has 0 aliphatic rings. The Kier molecular flexibility index (Phi) is 6.22. The average molecular weight is 668 g/mol. The number of hydrogen-bond donors (Lipinski definition) is 0. The number of anilines is 3. The molecule has 11 aromatic rings. The van der Waals surface area contributed by atoms with Crippen molar-refractivity contribution in [1.82, 2.24) is 0 Å². The van der Waals surface area contributed by atoms with Crippen LogP contribution in [0.1, 0.15) is 0 Å². The van der Waals surface area contributed by atoms with Gasteiger partial charge in [0, 0.05) is 61.9 Å². The van der Waals surface area contributed by atoms with Crippen LogP contribution < -0.4 is 4.90 Å². The van der Waals surface area contributed by atoms with Gasteiger partial charge in [-0.1, -0.05) is 78.9 Å². The quantitative estimate of drug-likeness (QED) is 0.183. The molecule has 0 fully saturated rings. The lowest BCUT2D eigenvalue weighted by molar-refractivity contribution is 0.597. The van der Waals surface area contributed by atoms with E-state index in [1.165, 1.54) is 10.8 Å². The Balaban J connectivity index is 1.05. The summed E-state index contributed by atoms with van der Waals surface area (Å²) in [6, 6.07) is 61.3. The summed E-state index contributed by atoms with van der Waals surface area (Å²) >= 11 is 0. The van der Waals surface area contributed by atoms with Gasteiger partial charge in [-0.3, -0.25) is 0 Å². The van der Waals surface area contributed by atoms with E-state index in [0.717, 1.165) is 94.4 Å². The van der Waals surface area contributed by atoms with Gasteiger partial charge >= 0.3 is 0 Å². The fourth-order valence-electron chi connectivity index (χ4n) is 7.65. The topological polar surface area (TPSA) is 42.7 Å². The molecule has 0 atom stereocenters. The molecule has 4 heteroatoms. The van der Waals surface area contributed by atoms with Gasteiger partial charge in [-0.15, -0.1) is 0 Å². The predicted molar refractivity (Wildman–Crippen MR) is 214 cm³/mol. The third-order valence-corrected chi connectivity index (χ3v) is 10.2. The van der Waals surface area contributed by atoms with Crippen molar-refractivity contribution >= 4 is 82.5 Å². The van der Waals surface area contributed by atoms with Crippen molar-refractivity contribution in [3.8, 4) is 22.6 Å². The van der Waals surface area contributed by atoms with Crippen molar-refractivity contribution in [2.24, 2.45) is 0 Å². The van der Waals surface area contributed by atoms with Crippen LogP contribution in [0.2, 0.25) is 0 Å². The first-order valence-electron chi connectivity index (χ1n) is 17.5. The van der Waals surface area contributed by atoms with Gasteiger partial charge in [0.15, 0.2) is 0 Å². The zero-order valence-corrected chi connectivity index (χ0v) is 27.9. The van der Waals surface area contributed by atoms with Gasteiger partial charge in [-0.25, -0.2) is 0 Å². The van der Waals surface area contributed by atoms with E-state index >= 15 is 0 Å². The van der Waals surface area contributed by atoms with Crippen LogP contribution in [0.4, 0.5) is 17.1 Å². The van der Waals surface area contributed by atoms with E-state index in [-0.39, 0.29) is 0 Å². The molecule has 0 saturated carbocycles. The maximum Gasteiger partial charge on any atom is 0.137 e. The molecule has 0 amide bonds. The molecule has 0 unspecified atom stereocenters. The van der Waals surface area contributed by atoms with Crippen molar-refractivity contribution in [3.63, 3.8) is 0 Å². The van der Waals surface area contributed by atoms with E-state index in [1.807, 2.05) is 30.3 Å². The molecule has 0 radical (unpaired) electrons. The normalized spacial score (nSPS) is 11.8. The minimum absolute atomic E-state index is 0.823. The van der Waals surface area contributed by atoms with Gasteiger partial charge in [-0.05, 0) is 106 Å². The second kappa shape index (κ2) is 11.2. The lowest BCUT2D eigenvalue weighted by Gasteiger charge is -2.25. The molecule has 244 valence electrons. The first-order valence-corrected chi connectivity index (χ1v) is 17.5. The lowest BCUT2D eigenvalue weighted by Crippen LogP contribution is -2.09. The first kappa shape index (κ1) is 28.8. The summed E-state index contributed by atoms with van der Waals surface area (Å²) < 4.78 is 19.4. The number of nitrogens with zero attached hydrogens (tertiary/aromatic N) is 1. The molecule has 4 nitrogen and oxygen atoms in total. The minimum atomic E-state index is 0.823. The fourth-order valence-corrected chi connectivity index (χ4v) is 7.65. The SMILES string of the molecule is c1ccc(-c2ccc(-c3ccc(N(c4ccc5c(c4)oc4cc6ccccc6cc45)c4ccc5c(c4)oc4cc6ccccc6cc45)cc3)o2)cc1. The van der Waals surface area contributed by atoms with Crippen LogP contribution in [0.3, 0.4) is 0 Å². The van der Waals surface area contributed by atoms with Gasteiger partial charge < -0.3 is 18.2 Å². The van der Waals surface area contributed by atoms with Crippen molar-refractivity contribution < 1.29 is 13.3 Å². The maximum atomic E-state index is 6.53. The van der Waals surface area contributed by atoms with Gasteiger partial charge in [-0.2, -0.15) is 0 Å². The summed E-state index contributed by atoms with van der Waals surface area (Å²) in [6.07, 6.45) is 0. The van der Waals surface area contributed by atoms with E-state index in [2.05, 4.69) is 150 Å². The Labute approximate surface area is 298 Å². The Bertz CT molecular complexity index is 2970. The zero-order chi connectivity index (χ0) is 34.2. The average Bonchev–Trinajstić information content (AvgIpc) is 3.92. The van der Waals surface area contributed by atoms with Crippen LogP contribution in [-0.4, -0.2) is 0 Å². The summed E-state index contributed by atoms with van der Waals surface area (Å²) in [4.78, 5) is 2.26. The van der Waals surface area contributed by atoms with Crippen molar-refractivity contribution in [2.75, 3.05) is 4.90 Å². The molecule has 0 spiro atoms. The summed E-state index contributed by atoms with van der Waals surface area (Å²) in [5.74, 6) is 1.67. The molecule has 0 aliphatic heterocycles. The lowest BCUT2D eigenvalue weighted by atomic mass is 10.0. The summed E-state index contributed by atoms with van der Waals surface area (Å²) in [5, 5.41) is 9.12. The number of rotatable bonds is 5. The molecule has 0 saturated heterocycles. The van der Waals surface area contributed by atoms with Crippen molar-refractivity contribution in [2.45, 2.75) is 0 Å². The molecule has 0 aliphatic carbocycles. The molecule has 0 bridgehead atoms. The van der Waals surface area contributed by atoms with Crippen LogP contribution in [0, 0.1) is 0 Å². The van der Waals surface area contributed by atoms with Gasteiger partial charge in [0.2, 0.25) is 0 Å². The molecule has 52 heavy (non-hydrogen) atoms. The summed E-state index contributed by atoms with van der Waals surface area (Å²) in [5.41, 5.74) is 8.46. The van der Waals surface area contributed by atoms with Crippen molar-refractivity contribution in [3.05, 3.63) is 176 Å². The molecule has 8 aromatic carbocycles. The second-order valence-corrected chi connectivity index (χ2v) is 13.4. The Morgan fingerprint density at radius 1 is 0.288 bits per heavy atom. The van der Waals surface area contributed by atoms with Crippen LogP contribution in [0.25, 0.3) is 88.1 Å². The minimum Gasteiger partial charge on any atom is -0.456 e. The summed E-state index contributed by atoms with van der Waals surface area (Å²) in [7, 11) is 0. The highest BCUT2D eigenvalue weighted by Gasteiger charge is 2.19. The van der Waals surface area contributed by atoms with Gasteiger partial charge in [0.1, 0.15) is 33.9 Å². The van der Waals surface area contributed by atoms with Gasteiger partial charge in [0.25, 0.3) is 0 Å². The standard InChI is InChI=1S/C48H29NO3/c1-2-8-30(9-3-1)43-22-23-44(50-43)31-14-16-36(17-15-31)49(37-18-20-39-41-24-32-10-4-6-12-34(32)26-45(41)51-47(39)28-37)38-19-21-40-42-25-33-11-5-7-13-35(33)27-46(42)52-48(40)29-38/h1-29H. The molecule has 3 aromatic heterocycles. The van der Waals surface area contributed by atoms with E-state index in [4.69, 9.17) is 13.3 Å². The molecule has 11 rings (SSSR count). The summed E-state index contributed by atoms with van der Waals surface area (Å²) in [6.45, 7) is 0. The zero-order valence-electron chi connectivity index (χ0n) is 27.9. The van der Waals surface area contributed by atoms with Gasteiger partial charge in [0.05, 0.1) is 0 Å². The van der Waals surface area contributed by atoms with E-state index in [9.17, 15) is 0 Å². The number of hydrogen-bond acceptors (Lipinski definition) is 4. The largest absolute Gasteiger partial charge is 0.456 e. The number of fused-ring (bicyclic) bond motifs is 8. The monoisotopic (exact) mass is 667 g/mol. The highest BCUT2D eigenvalue weighted by Crippen LogP contribution is 2.42. The second-order valence-electron chi connectivity index (χ2n) is 13.4. The Morgan fingerprint density at radius 3 is 1.23 bits per heavy atom. The fraction of sp³-hybridized carbons (Fsp3) is 0. The van der Waals surface area contributed by atoms with Crippen LogP contribution in [0.15, 0.2) is 189 Å². The number of benzene rings is 8. The third kappa shape index (κ3) is 4.62. The molecule has 0 N–H and O–H groups in total. The predicted octanol–water partition coefficient (Wildman–Crippen LogP) is 14.2. The highest BCUT2D eigenvalue weighted by molar-refractivity contribution is 6.12. The first-order chi connectivity index (χ1) is 25.7. The smallest absolute Gasteiger partial charge is 0.137 e. The van der Waals surface area contributed by atoms with E-state index in [1.54, 1.807) is 0 Å². The van der Waals surface area contributed by atoms with E-state index in [0.29, 0.717) is 0 Å². The maximum absolute atomic E-state index is 6.53. The Morgan fingerprint density at radius 2 is 0.712 bits per heavy atom.